The van der Waals surface area contributed by atoms with E-state index in [0.717, 1.165) is 80.5 Å². The molecule has 0 spiro atoms. The summed E-state index contributed by atoms with van der Waals surface area (Å²) in [5, 5.41) is 23.4. The van der Waals surface area contributed by atoms with E-state index in [4.69, 9.17) is 28.6 Å². The summed E-state index contributed by atoms with van der Waals surface area (Å²) in [5.41, 5.74) is 2.89. The second kappa shape index (κ2) is 28.7. The molecule has 4 amide bonds. The average Bonchev–Trinajstić information content (AvgIpc) is 4.13. The van der Waals surface area contributed by atoms with Crippen LogP contribution < -0.4 is 21.3 Å². The van der Waals surface area contributed by atoms with Crippen molar-refractivity contribution in [2.24, 2.45) is 24.3 Å². The summed E-state index contributed by atoms with van der Waals surface area (Å²) in [6, 6.07) is 11.8. The molecule has 2 saturated heterocycles. The first-order chi connectivity index (χ1) is 36.8. The van der Waals surface area contributed by atoms with Crippen LogP contribution >= 0.6 is 23.8 Å². The van der Waals surface area contributed by atoms with E-state index in [9.17, 15) is 28.7 Å². The number of urea groups is 1. The van der Waals surface area contributed by atoms with Gasteiger partial charge < -0.3 is 50.5 Å². The van der Waals surface area contributed by atoms with Gasteiger partial charge in [0.2, 0.25) is 11.8 Å². The zero-order valence-corrected chi connectivity index (χ0v) is 46.1. The predicted octanol–water partition coefficient (Wildman–Crippen LogP) is 8.34. The number of thiocarbonyl (C=S) groups is 1. The van der Waals surface area contributed by atoms with Crippen molar-refractivity contribution in [3.63, 3.8) is 0 Å². The highest BCUT2D eigenvalue weighted by atomic mass is 35.5. The summed E-state index contributed by atoms with van der Waals surface area (Å²) in [6.45, 7) is 6.02. The van der Waals surface area contributed by atoms with Crippen LogP contribution in [-0.2, 0) is 51.9 Å². The van der Waals surface area contributed by atoms with E-state index >= 15 is 0 Å². The van der Waals surface area contributed by atoms with Gasteiger partial charge in [0.25, 0.3) is 0 Å². The number of carbonyl (C=O) groups excluding carboxylic acids is 3. The summed E-state index contributed by atoms with van der Waals surface area (Å²) in [4.78, 5) is 67.5. The maximum absolute atomic E-state index is 13.8. The standard InChI is InChI=1S/C29H42FN5O3.C28H38ClN5O3S/c1-2-18-38-29(23-6-4-3-5-7-23)13-16-35(17-14-29)27(36)26(19-22-8-10-24(30)11-9-22)34-28(37)32-15-12-25-20-31-21-33-25;1-33-19-30-18-23(33)11-14-31-27(38)32-24(17-20-7-9-22(29)10-8-20)25(35)34-15-12-28(13-16-34,26(36)37)21-5-3-2-4-6-21/h8-11,20-21,23,26H,2-7,12-19H2,1H3,(H,31,33)(H2,32,34,37);7-10,18-19,21,24H,2-6,11-17H2,1H3,(H,36,37)(H2,31,32,38)/t26-;24-/m11/s1. The third kappa shape index (κ3) is 16.2. The van der Waals surface area contributed by atoms with Crippen molar-refractivity contribution >= 4 is 52.7 Å². The molecule has 2 atom stereocenters. The second-order valence-electron chi connectivity index (χ2n) is 21.3. The minimum absolute atomic E-state index is 0.0571. The van der Waals surface area contributed by atoms with Gasteiger partial charge in [0.1, 0.15) is 17.9 Å². The smallest absolute Gasteiger partial charge is 0.315 e. The molecule has 4 aliphatic rings. The third-order valence-corrected chi connectivity index (χ3v) is 16.9. The Bertz CT molecular complexity index is 2450. The number of piperidine rings is 2. The van der Waals surface area contributed by atoms with Crippen LogP contribution in [0, 0.1) is 23.1 Å². The van der Waals surface area contributed by atoms with E-state index in [1.807, 2.05) is 51.9 Å². The molecule has 4 heterocycles. The number of amides is 4. The molecule has 6 N–H and O–H groups in total. The lowest BCUT2D eigenvalue weighted by Gasteiger charge is -2.48. The molecule has 76 heavy (non-hydrogen) atoms. The predicted molar refractivity (Wildman–Crippen MR) is 296 cm³/mol. The van der Waals surface area contributed by atoms with Crippen LogP contribution in [0.1, 0.15) is 126 Å². The Morgan fingerprint density at radius 1 is 0.776 bits per heavy atom. The Hall–Kier alpha value is -5.59. The van der Waals surface area contributed by atoms with Crippen molar-refractivity contribution in [1.82, 2.24) is 50.6 Å². The first kappa shape index (κ1) is 58.1. The number of aryl methyl sites for hydroxylation is 1. The molecule has 4 aromatic rings. The van der Waals surface area contributed by atoms with Crippen LogP contribution in [0.2, 0.25) is 5.02 Å². The molecule has 414 valence electrons. The molecule has 8 rings (SSSR count). The van der Waals surface area contributed by atoms with Gasteiger partial charge in [-0.15, -0.1) is 0 Å². The Labute approximate surface area is 458 Å². The molecule has 0 bridgehead atoms. The summed E-state index contributed by atoms with van der Waals surface area (Å²) in [7, 11) is 1.95. The molecule has 4 fully saturated rings. The van der Waals surface area contributed by atoms with Crippen molar-refractivity contribution in [3.8, 4) is 0 Å². The van der Waals surface area contributed by atoms with Crippen molar-refractivity contribution in [1.29, 1.82) is 0 Å². The number of nitrogens with one attached hydrogen (secondary N) is 5. The summed E-state index contributed by atoms with van der Waals surface area (Å²) in [6.07, 6.45) is 24.2. The number of hydrogen-bond acceptors (Lipinski definition) is 8. The molecule has 2 aromatic carbocycles. The number of benzene rings is 2. The average molecular weight is 1090 g/mol. The normalized spacial score (nSPS) is 18.6. The van der Waals surface area contributed by atoms with Crippen molar-refractivity contribution in [2.45, 2.75) is 147 Å². The number of halogens is 2. The number of carboxylic acid groups (broad SMARTS) is 1. The molecule has 2 saturated carbocycles. The highest BCUT2D eigenvalue weighted by molar-refractivity contribution is 7.80. The number of hydrogen-bond donors (Lipinski definition) is 6. The summed E-state index contributed by atoms with van der Waals surface area (Å²) in [5.74, 6) is -0.447. The van der Waals surface area contributed by atoms with Gasteiger partial charge in [-0.2, -0.15) is 0 Å². The highest BCUT2D eigenvalue weighted by Crippen LogP contribution is 2.46. The lowest BCUT2D eigenvalue weighted by atomic mass is 9.64. The van der Waals surface area contributed by atoms with E-state index in [-0.39, 0.29) is 29.2 Å². The SMILES string of the molecule is CCCOC1(C2CCCCC2)CCN(C(=O)[C@@H](Cc2ccc(F)cc2)NC(=O)NCCc2cnc[nH]2)CC1.Cn1cncc1CCNC(=S)N[C@H](Cc1ccc(Cl)cc1)C(=O)N1CCC(C(=O)O)(C2CCCCC2)CC1. The second-order valence-corrected chi connectivity index (χ2v) is 22.2. The van der Waals surface area contributed by atoms with Gasteiger partial charge >= 0.3 is 12.0 Å². The highest BCUT2D eigenvalue weighted by Gasteiger charge is 2.49. The van der Waals surface area contributed by atoms with Crippen LogP contribution in [0.4, 0.5) is 9.18 Å². The van der Waals surface area contributed by atoms with Crippen molar-refractivity contribution < 1.29 is 33.4 Å². The van der Waals surface area contributed by atoms with Gasteiger partial charge in [-0.25, -0.2) is 19.2 Å². The molecular formula is C57H80ClFN10O6S. The first-order valence-electron chi connectivity index (χ1n) is 27.7. The molecule has 2 aromatic heterocycles. The van der Waals surface area contributed by atoms with E-state index in [1.165, 1.54) is 50.7 Å². The molecule has 2 aliphatic heterocycles. The fourth-order valence-electron chi connectivity index (χ4n) is 11.9. The number of aliphatic carboxylic acids is 1. The summed E-state index contributed by atoms with van der Waals surface area (Å²) < 4.78 is 22.0. The van der Waals surface area contributed by atoms with Crippen molar-refractivity contribution in [3.05, 3.63) is 107 Å². The van der Waals surface area contributed by atoms with Gasteiger partial charge in [0.15, 0.2) is 5.11 Å². The molecule has 0 radical (unpaired) electrons. The Morgan fingerprint density at radius 3 is 1.89 bits per heavy atom. The number of imidazole rings is 2. The lowest BCUT2D eigenvalue weighted by molar-refractivity contribution is -0.160. The Kier molecular flexibility index (Phi) is 21.9. The lowest BCUT2D eigenvalue weighted by Crippen LogP contribution is -2.57. The number of carbonyl (C=O) groups is 4. The Morgan fingerprint density at radius 2 is 1.34 bits per heavy atom. The molecular weight excluding hydrogens is 1010 g/mol. The van der Waals surface area contributed by atoms with Crippen LogP contribution in [0.5, 0.6) is 0 Å². The number of carboxylic acids is 1. The number of H-pyrrole nitrogens is 1. The van der Waals surface area contributed by atoms with E-state index in [1.54, 1.807) is 31.0 Å². The monoisotopic (exact) mass is 1090 g/mol. The van der Waals surface area contributed by atoms with Gasteiger partial charge in [-0.1, -0.05) is 81.3 Å². The number of aromatic amines is 1. The Balaban J connectivity index is 0.000000221. The molecule has 16 nitrogen and oxygen atoms in total. The maximum atomic E-state index is 13.8. The van der Waals surface area contributed by atoms with E-state index in [0.29, 0.717) is 87.4 Å². The summed E-state index contributed by atoms with van der Waals surface area (Å²) >= 11 is 11.6. The number of aromatic nitrogens is 4. The molecule has 19 heteroatoms. The third-order valence-electron chi connectivity index (χ3n) is 16.4. The van der Waals surface area contributed by atoms with E-state index in [2.05, 4.69) is 43.1 Å². The quantitative estimate of drug-likeness (QED) is 0.0466. The maximum Gasteiger partial charge on any atom is 0.315 e. The zero-order chi connectivity index (χ0) is 53.9. The first-order valence-corrected chi connectivity index (χ1v) is 28.5. The van der Waals surface area contributed by atoms with Gasteiger partial charge in [-0.05, 0) is 117 Å². The largest absolute Gasteiger partial charge is 0.481 e. The van der Waals surface area contributed by atoms with Crippen LogP contribution in [0.15, 0.2) is 73.6 Å². The molecule has 2 aliphatic carbocycles. The fourth-order valence-corrected chi connectivity index (χ4v) is 12.3. The molecule has 0 unspecified atom stereocenters. The van der Waals surface area contributed by atoms with Crippen LogP contribution in [0.25, 0.3) is 0 Å². The number of nitrogens with zero attached hydrogens (tertiary/aromatic N) is 5. The minimum Gasteiger partial charge on any atom is -0.481 e. The number of ether oxygens (including phenoxy) is 1. The van der Waals surface area contributed by atoms with Crippen LogP contribution in [-0.4, -0.2) is 127 Å². The minimum atomic E-state index is -0.744. The van der Waals surface area contributed by atoms with Crippen molar-refractivity contribution in [2.75, 3.05) is 45.9 Å². The fraction of sp³-hybridized carbons (Fsp3) is 0.596. The topological polar surface area (TPSA) is 199 Å². The van der Waals surface area contributed by atoms with Crippen LogP contribution in [0.3, 0.4) is 0 Å². The van der Waals surface area contributed by atoms with E-state index < -0.39 is 29.5 Å². The van der Waals surface area contributed by atoms with Gasteiger partial charge in [-0.3, -0.25) is 14.4 Å². The van der Waals surface area contributed by atoms with Gasteiger partial charge in [0, 0.05) is 107 Å². The number of rotatable bonds is 20. The zero-order valence-electron chi connectivity index (χ0n) is 44.5. The van der Waals surface area contributed by atoms with Gasteiger partial charge in [0.05, 0.1) is 23.7 Å². The number of likely N-dealkylation sites (tertiary alicyclic amines) is 2.